The molecule has 1 aromatic rings. The minimum absolute atomic E-state index is 0.0591. The van der Waals surface area contributed by atoms with Crippen molar-refractivity contribution in [2.45, 2.75) is 6.92 Å². The number of carboxylic acid groups (broad SMARTS) is 1. The highest BCUT2D eigenvalue weighted by Gasteiger charge is 2.11. The van der Waals surface area contributed by atoms with Gasteiger partial charge in [-0.2, -0.15) is 4.98 Å². The molecule has 1 rings (SSSR count). The van der Waals surface area contributed by atoms with Crippen molar-refractivity contribution in [3.05, 3.63) is 21.7 Å². The van der Waals surface area contributed by atoms with E-state index in [0.29, 0.717) is 0 Å². The van der Waals surface area contributed by atoms with Gasteiger partial charge < -0.3 is 10.8 Å². The summed E-state index contributed by atoms with van der Waals surface area (Å²) in [5.74, 6) is -1.28. The van der Waals surface area contributed by atoms with Crippen LogP contribution >= 0.6 is 0 Å². The molecule has 6 nitrogen and oxygen atoms in total. The lowest BCUT2D eigenvalue weighted by molar-refractivity contribution is 0.0689. The van der Waals surface area contributed by atoms with E-state index in [1.54, 1.807) is 0 Å². The van der Waals surface area contributed by atoms with Crippen molar-refractivity contribution in [3.8, 4) is 0 Å². The van der Waals surface area contributed by atoms with Gasteiger partial charge in [-0.05, 0) is 6.92 Å². The maximum absolute atomic E-state index is 10.7. The topological polar surface area (TPSA) is 109 Å². The lowest BCUT2D eigenvalue weighted by atomic mass is 10.2. The number of aromatic amines is 1. The highest BCUT2D eigenvalue weighted by Crippen LogP contribution is 2.07. The van der Waals surface area contributed by atoms with Gasteiger partial charge in [0, 0.05) is 5.56 Å². The van der Waals surface area contributed by atoms with Gasteiger partial charge in [-0.25, -0.2) is 9.59 Å². The third kappa shape index (κ3) is 1.26. The van der Waals surface area contributed by atoms with Crippen molar-refractivity contribution in [2.24, 2.45) is 0 Å². The number of nitrogens with two attached hydrogens (primary N) is 1. The number of nitrogens with zero attached hydrogens (tertiary/aromatic N) is 1. The average Bonchev–Trinajstić information content (AvgIpc) is 1.96. The molecule has 0 radical (unpaired) electrons. The number of carboxylic acids is 1. The van der Waals surface area contributed by atoms with Gasteiger partial charge in [0.15, 0.2) is 0 Å². The number of hydrogen-bond donors (Lipinski definition) is 3. The Bertz CT molecular complexity index is 382. The molecule has 12 heavy (non-hydrogen) atoms. The summed E-state index contributed by atoms with van der Waals surface area (Å²) in [6.07, 6.45) is 0. The molecule has 0 aliphatic carbocycles. The molecule has 0 atom stereocenters. The highest BCUT2D eigenvalue weighted by molar-refractivity contribution is 5.88. The second-order valence-electron chi connectivity index (χ2n) is 2.23. The molecule has 64 valence electrons. The van der Waals surface area contributed by atoms with Crippen molar-refractivity contribution in [1.82, 2.24) is 9.97 Å². The van der Waals surface area contributed by atoms with Gasteiger partial charge in [0.1, 0.15) is 11.5 Å². The number of aromatic nitrogens is 2. The fourth-order valence-electron chi connectivity index (χ4n) is 0.764. The first kappa shape index (κ1) is 8.25. The summed E-state index contributed by atoms with van der Waals surface area (Å²) < 4.78 is 0. The SMILES string of the molecule is Cc1c(N)nc(=O)[nH]c1C(=O)O. The Labute approximate surface area is 67.1 Å². The Morgan fingerprint density at radius 3 is 2.75 bits per heavy atom. The van der Waals surface area contributed by atoms with Crippen molar-refractivity contribution in [3.63, 3.8) is 0 Å². The molecule has 0 spiro atoms. The van der Waals surface area contributed by atoms with Crippen LogP contribution in [0.4, 0.5) is 5.82 Å². The smallest absolute Gasteiger partial charge is 0.352 e. The molecule has 1 aromatic heterocycles. The standard InChI is InChI=1S/C6H7N3O3/c1-2-3(5(10)11)8-6(12)9-4(2)7/h1H3,(H,10,11)(H3,7,8,9,12). The van der Waals surface area contributed by atoms with E-state index in [1.807, 2.05) is 0 Å². The summed E-state index contributed by atoms with van der Waals surface area (Å²) in [5.41, 5.74) is 4.56. The van der Waals surface area contributed by atoms with Gasteiger partial charge in [0.25, 0.3) is 0 Å². The Kier molecular flexibility index (Phi) is 1.82. The number of hydrogen-bond acceptors (Lipinski definition) is 4. The van der Waals surface area contributed by atoms with E-state index in [-0.39, 0.29) is 17.1 Å². The first-order valence-corrected chi connectivity index (χ1v) is 3.12. The van der Waals surface area contributed by atoms with Crippen molar-refractivity contribution in [2.75, 3.05) is 5.73 Å². The maximum Gasteiger partial charge on any atom is 0.352 e. The number of rotatable bonds is 1. The molecule has 0 bridgehead atoms. The number of H-pyrrole nitrogens is 1. The largest absolute Gasteiger partial charge is 0.477 e. The summed E-state index contributed by atoms with van der Waals surface area (Å²) in [6, 6.07) is 0. The molecular weight excluding hydrogens is 162 g/mol. The molecule has 4 N–H and O–H groups in total. The van der Waals surface area contributed by atoms with Gasteiger partial charge in [-0.15, -0.1) is 0 Å². The Balaban J connectivity index is 3.48. The van der Waals surface area contributed by atoms with Crippen molar-refractivity contribution >= 4 is 11.8 Å². The van der Waals surface area contributed by atoms with Crippen LogP contribution in [-0.2, 0) is 0 Å². The third-order valence-electron chi connectivity index (χ3n) is 1.43. The number of aromatic carboxylic acids is 1. The van der Waals surface area contributed by atoms with Crippen LogP contribution in [0.5, 0.6) is 0 Å². The minimum Gasteiger partial charge on any atom is -0.477 e. The zero-order chi connectivity index (χ0) is 9.30. The lowest BCUT2D eigenvalue weighted by Gasteiger charge is -2.00. The predicted octanol–water partition coefficient (Wildman–Crippen LogP) is -0.641. The number of nitrogen functional groups attached to an aromatic ring is 1. The first-order valence-electron chi connectivity index (χ1n) is 3.12. The molecule has 0 amide bonds. The van der Waals surface area contributed by atoms with E-state index < -0.39 is 11.7 Å². The van der Waals surface area contributed by atoms with Crippen LogP contribution in [0.2, 0.25) is 0 Å². The Morgan fingerprint density at radius 1 is 1.67 bits per heavy atom. The molecule has 0 fully saturated rings. The summed E-state index contributed by atoms with van der Waals surface area (Å²) in [5, 5.41) is 8.56. The summed E-state index contributed by atoms with van der Waals surface area (Å²) >= 11 is 0. The number of carbonyl (C=O) groups is 1. The van der Waals surface area contributed by atoms with Crippen molar-refractivity contribution in [1.29, 1.82) is 0 Å². The van der Waals surface area contributed by atoms with E-state index in [4.69, 9.17) is 10.8 Å². The lowest BCUT2D eigenvalue weighted by Crippen LogP contribution is -2.19. The molecule has 0 aromatic carbocycles. The van der Waals surface area contributed by atoms with Crippen LogP contribution in [0.1, 0.15) is 16.1 Å². The second kappa shape index (κ2) is 2.65. The van der Waals surface area contributed by atoms with Crippen LogP contribution in [0.3, 0.4) is 0 Å². The monoisotopic (exact) mass is 169 g/mol. The Hall–Kier alpha value is -1.85. The quantitative estimate of drug-likeness (QED) is 0.518. The van der Waals surface area contributed by atoms with E-state index in [2.05, 4.69) is 9.97 Å². The van der Waals surface area contributed by atoms with Gasteiger partial charge in [-0.1, -0.05) is 0 Å². The van der Waals surface area contributed by atoms with E-state index in [1.165, 1.54) is 6.92 Å². The molecule has 1 heterocycles. The number of nitrogens with one attached hydrogen (secondary N) is 1. The summed E-state index contributed by atoms with van der Waals surface area (Å²) in [7, 11) is 0. The van der Waals surface area contributed by atoms with Crippen LogP contribution in [0.25, 0.3) is 0 Å². The summed E-state index contributed by atoms with van der Waals surface area (Å²) in [6.45, 7) is 1.47. The van der Waals surface area contributed by atoms with Crippen LogP contribution in [0, 0.1) is 6.92 Å². The fraction of sp³-hybridized carbons (Fsp3) is 0.167. The Morgan fingerprint density at radius 2 is 2.25 bits per heavy atom. The van der Waals surface area contributed by atoms with E-state index in [0.717, 1.165) is 0 Å². The zero-order valence-corrected chi connectivity index (χ0v) is 6.29. The van der Waals surface area contributed by atoms with Crippen LogP contribution in [-0.4, -0.2) is 21.0 Å². The van der Waals surface area contributed by atoms with Gasteiger partial charge in [0.05, 0.1) is 0 Å². The molecule has 0 saturated heterocycles. The second-order valence-corrected chi connectivity index (χ2v) is 2.23. The molecule has 0 aliphatic heterocycles. The van der Waals surface area contributed by atoms with Gasteiger partial charge >= 0.3 is 11.7 Å². The van der Waals surface area contributed by atoms with Gasteiger partial charge in [-0.3, -0.25) is 4.98 Å². The first-order chi connectivity index (χ1) is 5.52. The molecule has 0 saturated carbocycles. The third-order valence-corrected chi connectivity index (χ3v) is 1.43. The van der Waals surface area contributed by atoms with Crippen LogP contribution < -0.4 is 11.4 Å². The molecule has 0 unspecified atom stereocenters. The predicted molar refractivity (Wildman–Crippen MR) is 41.0 cm³/mol. The summed E-state index contributed by atoms with van der Waals surface area (Å²) in [4.78, 5) is 26.5. The maximum atomic E-state index is 10.7. The van der Waals surface area contributed by atoms with E-state index >= 15 is 0 Å². The zero-order valence-electron chi connectivity index (χ0n) is 6.29. The van der Waals surface area contributed by atoms with Crippen molar-refractivity contribution < 1.29 is 9.90 Å². The molecule has 0 aliphatic rings. The van der Waals surface area contributed by atoms with Gasteiger partial charge in [0.2, 0.25) is 0 Å². The average molecular weight is 169 g/mol. The van der Waals surface area contributed by atoms with Crippen LogP contribution in [0.15, 0.2) is 4.79 Å². The highest BCUT2D eigenvalue weighted by atomic mass is 16.4. The fourth-order valence-corrected chi connectivity index (χ4v) is 0.764. The molecular formula is C6H7N3O3. The normalized spacial score (nSPS) is 9.75. The number of anilines is 1. The molecule has 6 heteroatoms. The minimum atomic E-state index is -1.22. The van der Waals surface area contributed by atoms with E-state index in [9.17, 15) is 9.59 Å².